The SMILES string of the molecule is COc1cc(F)c([C@@H]2CNC(=O)[C@H]2NC(=O)CC2(c3cccc(OCC4CCCCC4)c3)CC2)c(F)c1. The van der Waals surface area contributed by atoms with Crippen LogP contribution in [0.1, 0.15) is 68.4 Å². The van der Waals surface area contributed by atoms with Gasteiger partial charge < -0.3 is 20.1 Å². The van der Waals surface area contributed by atoms with E-state index in [0.29, 0.717) is 12.5 Å². The number of amides is 2. The van der Waals surface area contributed by atoms with E-state index in [1.54, 1.807) is 0 Å². The van der Waals surface area contributed by atoms with E-state index >= 15 is 0 Å². The molecule has 2 aliphatic carbocycles. The summed E-state index contributed by atoms with van der Waals surface area (Å²) >= 11 is 0. The maximum absolute atomic E-state index is 14.7. The van der Waals surface area contributed by atoms with Crippen LogP contribution in [0.15, 0.2) is 36.4 Å². The first-order valence-corrected chi connectivity index (χ1v) is 13.2. The minimum Gasteiger partial charge on any atom is -0.497 e. The van der Waals surface area contributed by atoms with E-state index in [4.69, 9.17) is 9.47 Å². The molecule has 2 saturated carbocycles. The monoisotopic (exact) mass is 512 g/mol. The van der Waals surface area contributed by atoms with Gasteiger partial charge in [-0.2, -0.15) is 0 Å². The normalized spacial score (nSPS) is 22.8. The molecule has 37 heavy (non-hydrogen) atoms. The number of carbonyl (C=O) groups is 2. The Kier molecular flexibility index (Phi) is 7.36. The Labute approximate surface area is 216 Å². The van der Waals surface area contributed by atoms with Crippen molar-refractivity contribution in [3.63, 3.8) is 0 Å². The molecule has 2 N–H and O–H groups in total. The molecule has 3 fully saturated rings. The second-order valence-corrected chi connectivity index (χ2v) is 10.7. The molecule has 2 amide bonds. The first-order chi connectivity index (χ1) is 17.9. The van der Waals surface area contributed by atoms with Gasteiger partial charge in [0.1, 0.15) is 29.2 Å². The highest BCUT2D eigenvalue weighted by molar-refractivity contribution is 5.91. The van der Waals surface area contributed by atoms with Crippen LogP contribution in [0.2, 0.25) is 0 Å². The van der Waals surface area contributed by atoms with Crippen molar-refractivity contribution in [3.05, 3.63) is 59.2 Å². The van der Waals surface area contributed by atoms with Crippen LogP contribution < -0.4 is 20.1 Å². The molecule has 5 rings (SSSR count). The van der Waals surface area contributed by atoms with Gasteiger partial charge in [-0.15, -0.1) is 0 Å². The lowest BCUT2D eigenvalue weighted by Gasteiger charge is -2.23. The topological polar surface area (TPSA) is 76.7 Å². The summed E-state index contributed by atoms with van der Waals surface area (Å²) in [5.41, 5.74) is 0.507. The summed E-state index contributed by atoms with van der Waals surface area (Å²) < 4.78 is 40.5. The Hall–Kier alpha value is -3.16. The fourth-order valence-electron chi connectivity index (χ4n) is 5.82. The van der Waals surface area contributed by atoms with Crippen molar-refractivity contribution < 1.29 is 27.8 Å². The van der Waals surface area contributed by atoms with Gasteiger partial charge in [0.2, 0.25) is 11.8 Å². The van der Waals surface area contributed by atoms with Gasteiger partial charge in [0.25, 0.3) is 0 Å². The molecule has 2 aromatic rings. The molecule has 3 aliphatic rings. The molecule has 1 aliphatic heterocycles. The third kappa shape index (κ3) is 5.58. The zero-order chi connectivity index (χ0) is 26.0. The maximum Gasteiger partial charge on any atom is 0.243 e. The summed E-state index contributed by atoms with van der Waals surface area (Å²) in [5, 5.41) is 5.39. The summed E-state index contributed by atoms with van der Waals surface area (Å²) in [6.07, 6.45) is 8.18. The third-order valence-electron chi connectivity index (χ3n) is 8.17. The molecule has 198 valence electrons. The highest BCUT2D eigenvalue weighted by Crippen LogP contribution is 2.51. The minimum absolute atomic E-state index is 0.0372. The first-order valence-electron chi connectivity index (χ1n) is 13.2. The summed E-state index contributed by atoms with van der Waals surface area (Å²) in [6, 6.07) is 9.07. The van der Waals surface area contributed by atoms with Crippen molar-refractivity contribution >= 4 is 11.8 Å². The largest absolute Gasteiger partial charge is 0.497 e. The number of ether oxygens (including phenoxy) is 2. The number of benzene rings is 2. The van der Waals surface area contributed by atoms with Crippen molar-refractivity contribution in [2.45, 2.75) is 68.7 Å². The molecule has 1 heterocycles. The Morgan fingerprint density at radius 2 is 1.81 bits per heavy atom. The van der Waals surface area contributed by atoms with Crippen LogP contribution in [-0.4, -0.2) is 38.1 Å². The molecule has 0 aromatic heterocycles. The summed E-state index contributed by atoms with van der Waals surface area (Å²) in [5.74, 6) is -1.75. The van der Waals surface area contributed by atoms with Crippen molar-refractivity contribution in [3.8, 4) is 11.5 Å². The van der Waals surface area contributed by atoms with Crippen molar-refractivity contribution in [2.75, 3.05) is 20.3 Å². The number of methoxy groups -OCH3 is 1. The van der Waals surface area contributed by atoms with E-state index in [-0.39, 0.29) is 35.6 Å². The summed E-state index contributed by atoms with van der Waals surface area (Å²) in [7, 11) is 1.32. The number of hydrogen-bond donors (Lipinski definition) is 2. The van der Waals surface area contributed by atoms with Crippen molar-refractivity contribution in [1.82, 2.24) is 10.6 Å². The van der Waals surface area contributed by atoms with Crippen LogP contribution in [-0.2, 0) is 15.0 Å². The molecule has 6 nitrogen and oxygen atoms in total. The van der Waals surface area contributed by atoms with Gasteiger partial charge >= 0.3 is 0 Å². The van der Waals surface area contributed by atoms with E-state index in [9.17, 15) is 18.4 Å². The lowest BCUT2D eigenvalue weighted by atomic mass is 9.89. The minimum atomic E-state index is -1.05. The molecule has 2 atom stereocenters. The van der Waals surface area contributed by atoms with Crippen LogP contribution in [0.5, 0.6) is 11.5 Å². The highest BCUT2D eigenvalue weighted by Gasteiger charge is 2.47. The van der Waals surface area contributed by atoms with E-state index in [1.807, 2.05) is 24.3 Å². The highest BCUT2D eigenvalue weighted by atomic mass is 19.1. The number of carbonyl (C=O) groups excluding carboxylic acids is 2. The standard InChI is InChI=1S/C29H34F2N2O4/c1-36-21-13-23(30)26(24(31)14-21)22-16-32-28(35)27(22)33-25(34)15-29(10-11-29)19-8-5-9-20(12-19)37-17-18-6-3-2-4-7-18/h5,8-9,12-14,18,22,27H,2-4,6-7,10-11,15-17H2,1H3,(H,32,35)(H,33,34)/t22-,27-/m0/s1. The van der Waals surface area contributed by atoms with Gasteiger partial charge in [0, 0.05) is 42.0 Å². The predicted molar refractivity (Wildman–Crippen MR) is 135 cm³/mol. The van der Waals surface area contributed by atoms with Crippen LogP contribution in [0.4, 0.5) is 8.78 Å². The smallest absolute Gasteiger partial charge is 0.243 e. The van der Waals surface area contributed by atoms with Gasteiger partial charge in [0.15, 0.2) is 0 Å². The Morgan fingerprint density at radius 1 is 1.08 bits per heavy atom. The van der Waals surface area contributed by atoms with E-state index in [2.05, 4.69) is 10.6 Å². The fourth-order valence-corrected chi connectivity index (χ4v) is 5.82. The summed E-state index contributed by atoms with van der Waals surface area (Å²) in [6.45, 7) is 0.753. The number of rotatable bonds is 9. The fraction of sp³-hybridized carbons (Fsp3) is 0.517. The first kappa shape index (κ1) is 25.5. The molecule has 0 unspecified atom stereocenters. The van der Waals surface area contributed by atoms with E-state index < -0.39 is 29.5 Å². The van der Waals surface area contributed by atoms with Crippen molar-refractivity contribution in [1.29, 1.82) is 0 Å². The van der Waals surface area contributed by atoms with Crippen LogP contribution in [0.3, 0.4) is 0 Å². The Morgan fingerprint density at radius 3 is 2.49 bits per heavy atom. The molecule has 0 bridgehead atoms. The van der Waals surface area contributed by atoms with Crippen LogP contribution in [0, 0.1) is 17.6 Å². The van der Waals surface area contributed by atoms with E-state index in [1.165, 1.54) is 39.2 Å². The number of hydrogen-bond acceptors (Lipinski definition) is 4. The van der Waals surface area contributed by atoms with Crippen molar-refractivity contribution in [2.24, 2.45) is 5.92 Å². The average molecular weight is 513 g/mol. The van der Waals surface area contributed by atoms with Gasteiger partial charge in [-0.1, -0.05) is 31.4 Å². The molecule has 2 aromatic carbocycles. The molecule has 0 spiro atoms. The molecule has 8 heteroatoms. The predicted octanol–water partition coefficient (Wildman–Crippen LogP) is 4.75. The lowest BCUT2D eigenvalue weighted by Crippen LogP contribution is -2.44. The Balaban J connectivity index is 1.24. The lowest BCUT2D eigenvalue weighted by molar-refractivity contribution is -0.127. The molecular weight excluding hydrogens is 478 g/mol. The second kappa shape index (κ2) is 10.7. The number of nitrogens with one attached hydrogen (secondary N) is 2. The quantitative estimate of drug-likeness (QED) is 0.508. The zero-order valence-electron chi connectivity index (χ0n) is 21.2. The second-order valence-electron chi connectivity index (χ2n) is 10.7. The molecule has 0 radical (unpaired) electrons. The maximum atomic E-state index is 14.7. The van der Waals surface area contributed by atoms with E-state index in [0.717, 1.165) is 36.3 Å². The molecular formula is C29H34F2N2O4. The van der Waals surface area contributed by atoms with Gasteiger partial charge in [0.05, 0.1) is 13.7 Å². The molecule has 1 saturated heterocycles. The zero-order valence-corrected chi connectivity index (χ0v) is 21.2. The van der Waals surface area contributed by atoms with Crippen LogP contribution in [0.25, 0.3) is 0 Å². The van der Waals surface area contributed by atoms with Gasteiger partial charge in [-0.25, -0.2) is 8.78 Å². The number of halogens is 2. The average Bonchev–Trinajstić information content (AvgIpc) is 3.60. The van der Waals surface area contributed by atoms with Crippen LogP contribution >= 0.6 is 0 Å². The van der Waals surface area contributed by atoms with Gasteiger partial charge in [-0.3, -0.25) is 9.59 Å². The summed E-state index contributed by atoms with van der Waals surface area (Å²) in [4.78, 5) is 25.6. The Bertz CT molecular complexity index is 1140. The third-order valence-corrected chi connectivity index (χ3v) is 8.17. The van der Waals surface area contributed by atoms with Gasteiger partial charge in [-0.05, 0) is 49.3 Å².